The number of aromatic amines is 1. The Balaban J connectivity index is 1.43. The number of aromatic nitrogens is 2. The first-order valence-electron chi connectivity index (χ1n) is 9.40. The molecule has 6 nitrogen and oxygen atoms in total. The van der Waals surface area contributed by atoms with E-state index in [9.17, 15) is 9.59 Å². The minimum absolute atomic E-state index is 0.0259. The number of H-pyrrole nitrogens is 1. The summed E-state index contributed by atoms with van der Waals surface area (Å²) in [6, 6.07) is 12.9. The minimum Gasteiger partial charge on any atom is -0.497 e. The average Bonchev–Trinajstić information content (AvgIpc) is 3.06. The minimum atomic E-state index is -0.144. The quantitative estimate of drug-likeness (QED) is 0.684. The molecule has 1 aliphatic rings. The third-order valence-electron chi connectivity index (χ3n) is 5.49. The van der Waals surface area contributed by atoms with Crippen LogP contribution in [0.3, 0.4) is 0 Å². The lowest BCUT2D eigenvalue weighted by Crippen LogP contribution is -2.31. The van der Waals surface area contributed by atoms with Crippen molar-refractivity contribution in [2.45, 2.75) is 31.7 Å². The summed E-state index contributed by atoms with van der Waals surface area (Å²) >= 11 is 6.20. The van der Waals surface area contributed by atoms with Crippen molar-refractivity contribution < 1.29 is 9.53 Å². The van der Waals surface area contributed by atoms with Crippen LogP contribution >= 0.6 is 11.6 Å². The molecule has 2 aromatic carbocycles. The maximum atomic E-state index is 12.6. The highest BCUT2D eigenvalue weighted by Gasteiger charge is 2.29. The standard InChI is InChI=1S/C21H22ClN3O3/c1-28-16-11-7-14(8-12-16)23-20(26)13-5-9-15(10-6-13)25-18-4-2-3-17(22)19(18)24-21(25)27/h2-4,7-8,11-13,15H,5-6,9-10H2,1H3,(H,23,26)(H,24,27). The fourth-order valence-electron chi connectivity index (χ4n) is 3.99. The third-order valence-corrected chi connectivity index (χ3v) is 5.81. The highest BCUT2D eigenvalue weighted by atomic mass is 35.5. The van der Waals surface area contributed by atoms with Gasteiger partial charge in [0.15, 0.2) is 0 Å². The summed E-state index contributed by atoms with van der Waals surface area (Å²) in [6.07, 6.45) is 3.04. The van der Waals surface area contributed by atoms with Gasteiger partial charge in [-0.2, -0.15) is 0 Å². The molecular weight excluding hydrogens is 378 g/mol. The molecule has 1 heterocycles. The van der Waals surface area contributed by atoms with E-state index in [4.69, 9.17) is 16.3 Å². The number of amides is 1. The van der Waals surface area contributed by atoms with E-state index in [1.165, 1.54) is 0 Å². The van der Waals surface area contributed by atoms with Crippen LogP contribution in [0.15, 0.2) is 47.3 Å². The van der Waals surface area contributed by atoms with E-state index in [2.05, 4.69) is 10.3 Å². The molecule has 3 aromatic rings. The molecule has 2 N–H and O–H groups in total. The zero-order valence-corrected chi connectivity index (χ0v) is 16.3. The van der Waals surface area contributed by atoms with E-state index in [1.807, 2.05) is 36.4 Å². The second-order valence-electron chi connectivity index (χ2n) is 7.16. The number of imidazole rings is 1. The van der Waals surface area contributed by atoms with E-state index >= 15 is 0 Å². The molecular formula is C21H22ClN3O3. The Morgan fingerprint density at radius 1 is 1.14 bits per heavy atom. The third kappa shape index (κ3) is 3.52. The molecule has 1 fully saturated rings. The molecule has 1 saturated carbocycles. The molecule has 0 aliphatic heterocycles. The summed E-state index contributed by atoms with van der Waals surface area (Å²) < 4.78 is 6.92. The molecule has 4 rings (SSSR count). The summed E-state index contributed by atoms with van der Waals surface area (Å²) in [7, 11) is 1.61. The van der Waals surface area contributed by atoms with Crippen LogP contribution in [0.1, 0.15) is 31.7 Å². The number of para-hydroxylation sites is 1. The van der Waals surface area contributed by atoms with Gasteiger partial charge in [0.25, 0.3) is 0 Å². The average molecular weight is 400 g/mol. The van der Waals surface area contributed by atoms with Crippen molar-refractivity contribution >= 4 is 34.2 Å². The number of benzene rings is 2. The van der Waals surface area contributed by atoms with Gasteiger partial charge in [0.2, 0.25) is 5.91 Å². The van der Waals surface area contributed by atoms with Gasteiger partial charge in [0.1, 0.15) is 5.75 Å². The molecule has 0 spiro atoms. The lowest BCUT2D eigenvalue weighted by molar-refractivity contribution is -0.121. The van der Waals surface area contributed by atoms with Crippen LogP contribution in [0, 0.1) is 5.92 Å². The number of nitrogens with one attached hydrogen (secondary N) is 2. The Kier molecular flexibility index (Phi) is 5.13. The normalized spacial score (nSPS) is 19.5. The van der Waals surface area contributed by atoms with Crippen LogP contribution < -0.4 is 15.7 Å². The Bertz CT molecular complexity index is 1050. The van der Waals surface area contributed by atoms with Gasteiger partial charge in [0, 0.05) is 17.6 Å². The van der Waals surface area contributed by atoms with Crippen molar-refractivity contribution in [3.8, 4) is 5.75 Å². The first kappa shape index (κ1) is 18.6. The largest absolute Gasteiger partial charge is 0.497 e. The molecule has 1 aliphatic carbocycles. The van der Waals surface area contributed by atoms with Crippen molar-refractivity contribution in [1.82, 2.24) is 9.55 Å². The number of anilines is 1. The smallest absolute Gasteiger partial charge is 0.326 e. The zero-order valence-electron chi connectivity index (χ0n) is 15.6. The van der Waals surface area contributed by atoms with Crippen LogP contribution in [0.25, 0.3) is 11.0 Å². The van der Waals surface area contributed by atoms with Crippen molar-refractivity contribution in [2.75, 3.05) is 12.4 Å². The number of hydrogen-bond donors (Lipinski definition) is 2. The number of carbonyl (C=O) groups is 1. The van der Waals surface area contributed by atoms with E-state index in [-0.39, 0.29) is 23.6 Å². The number of fused-ring (bicyclic) bond motifs is 1. The summed E-state index contributed by atoms with van der Waals surface area (Å²) in [6.45, 7) is 0. The predicted octanol–water partition coefficient (Wildman–Crippen LogP) is 4.36. The van der Waals surface area contributed by atoms with E-state index < -0.39 is 0 Å². The Hall–Kier alpha value is -2.73. The number of nitrogens with zero attached hydrogens (tertiary/aromatic N) is 1. The van der Waals surface area contributed by atoms with Gasteiger partial charge in [-0.1, -0.05) is 17.7 Å². The van der Waals surface area contributed by atoms with Gasteiger partial charge in [0.05, 0.1) is 23.2 Å². The van der Waals surface area contributed by atoms with Crippen molar-refractivity contribution in [3.05, 3.63) is 58.0 Å². The number of halogens is 1. The fourth-order valence-corrected chi connectivity index (χ4v) is 4.21. The number of methoxy groups -OCH3 is 1. The van der Waals surface area contributed by atoms with Crippen LogP contribution in [0.2, 0.25) is 5.02 Å². The summed E-state index contributed by atoms with van der Waals surface area (Å²) in [5, 5.41) is 3.52. The molecule has 0 radical (unpaired) electrons. The summed E-state index contributed by atoms with van der Waals surface area (Å²) in [5.41, 5.74) is 2.11. The van der Waals surface area contributed by atoms with E-state index in [0.29, 0.717) is 10.5 Å². The molecule has 1 amide bonds. The SMILES string of the molecule is COc1ccc(NC(=O)C2CCC(n3c(=O)[nH]c4c(Cl)cccc43)CC2)cc1. The number of rotatable bonds is 4. The van der Waals surface area contributed by atoms with Crippen molar-refractivity contribution in [2.24, 2.45) is 5.92 Å². The van der Waals surface area contributed by atoms with Gasteiger partial charge in [-0.25, -0.2) is 4.79 Å². The maximum Gasteiger partial charge on any atom is 0.326 e. The van der Waals surface area contributed by atoms with Gasteiger partial charge in [-0.15, -0.1) is 0 Å². The Morgan fingerprint density at radius 2 is 1.86 bits per heavy atom. The fraction of sp³-hybridized carbons (Fsp3) is 0.333. The lowest BCUT2D eigenvalue weighted by atomic mass is 9.85. The topological polar surface area (TPSA) is 76.1 Å². The molecule has 1 aromatic heterocycles. The first-order chi connectivity index (χ1) is 13.6. The Labute approximate surface area is 167 Å². The molecule has 0 atom stereocenters. The molecule has 7 heteroatoms. The van der Waals surface area contributed by atoms with Crippen LogP contribution in [-0.2, 0) is 4.79 Å². The van der Waals surface area contributed by atoms with Gasteiger partial charge < -0.3 is 15.0 Å². The zero-order chi connectivity index (χ0) is 19.7. The van der Waals surface area contributed by atoms with Gasteiger partial charge in [-0.3, -0.25) is 9.36 Å². The monoisotopic (exact) mass is 399 g/mol. The van der Waals surface area contributed by atoms with Crippen LogP contribution in [0.5, 0.6) is 5.75 Å². The second-order valence-corrected chi connectivity index (χ2v) is 7.56. The van der Waals surface area contributed by atoms with Crippen LogP contribution in [0.4, 0.5) is 5.69 Å². The first-order valence-corrected chi connectivity index (χ1v) is 9.78. The molecule has 0 saturated heterocycles. The van der Waals surface area contributed by atoms with Gasteiger partial charge in [-0.05, 0) is 62.1 Å². The van der Waals surface area contributed by atoms with Gasteiger partial charge >= 0.3 is 5.69 Å². The molecule has 146 valence electrons. The number of hydrogen-bond acceptors (Lipinski definition) is 3. The van der Waals surface area contributed by atoms with E-state index in [0.717, 1.165) is 42.6 Å². The lowest BCUT2D eigenvalue weighted by Gasteiger charge is -2.28. The molecule has 0 bridgehead atoms. The summed E-state index contributed by atoms with van der Waals surface area (Å²) in [4.78, 5) is 27.9. The highest BCUT2D eigenvalue weighted by Crippen LogP contribution is 2.34. The second kappa shape index (κ2) is 7.72. The number of ether oxygens (including phenoxy) is 1. The summed E-state index contributed by atoms with van der Waals surface area (Å²) in [5.74, 6) is 0.726. The molecule has 0 unspecified atom stereocenters. The highest BCUT2D eigenvalue weighted by molar-refractivity contribution is 6.34. The predicted molar refractivity (Wildman–Crippen MR) is 110 cm³/mol. The number of carbonyl (C=O) groups excluding carboxylic acids is 1. The Morgan fingerprint density at radius 3 is 2.54 bits per heavy atom. The maximum absolute atomic E-state index is 12.6. The van der Waals surface area contributed by atoms with E-state index in [1.54, 1.807) is 17.7 Å². The molecule has 28 heavy (non-hydrogen) atoms. The van der Waals surface area contributed by atoms with Crippen molar-refractivity contribution in [1.29, 1.82) is 0 Å². The van der Waals surface area contributed by atoms with Crippen molar-refractivity contribution in [3.63, 3.8) is 0 Å². The van der Waals surface area contributed by atoms with Crippen LogP contribution in [-0.4, -0.2) is 22.6 Å².